The van der Waals surface area contributed by atoms with Crippen LogP contribution in [0.3, 0.4) is 0 Å². The van der Waals surface area contributed by atoms with Crippen molar-refractivity contribution in [1.29, 1.82) is 0 Å². The first-order chi connectivity index (χ1) is 14.0. The van der Waals surface area contributed by atoms with Crippen LogP contribution in [0.1, 0.15) is 59.8 Å². The van der Waals surface area contributed by atoms with Crippen molar-refractivity contribution < 1.29 is 19.4 Å². The average Bonchev–Trinajstić information content (AvgIpc) is 3.10. The highest BCUT2D eigenvalue weighted by molar-refractivity contribution is 5.96. The minimum absolute atomic E-state index is 0.0686. The number of nitro groups is 1. The number of likely N-dealkylation sites (tertiary alicyclic amines) is 1. The Hall–Kier alpha value is -2.92. The fourth-order valence-corrected chi connectivity index (χ4v) is 3.38. The summed E-state index contributed by atoms with van der Waals surface area (Å²) in [7, 11) is 0. The molecule has 2 atom stereocenters. The van der Waals surface area contributed by atoms with Gasteiger partial charge in [-0.25, -0.2) is 15.1 Å². The van der Waals surface area contributed by atoms with Crippen LogP contribution in [0.2, 0.25) is 0 Å². The maximum absolute atomic E-state index is 13.1. The van der Waals surface area contributed by atoms with Crippen LogP contribution >= 0.6 is 0 Å². The Morgan fingerprint density at radius 2 is 2.03 bits per heavy atom. The molecule has 170 valence electrons. The van der Waals surface area contributed by atoms with Gasteiger partial charge in [-0.2, -0.15) is 0 Å². The number of guanidine groups is 1. The lowest BCUT2D eigenvalue weighted by molar-refractivity contribution is -0.525. The van der Waals surface area contributed by atoms with E-state index in [0.29, 0.717) is 44.7 Å². The zero-order valence-electron chi connectivity index (χ0n) is 18.1. The number of nitrogens with two attached hydrogens (primary N) is 1. The van der Waals surface area contributed by atoms with Gasteiger partial charge in [0.1, 0.15) is 6.04 Å². The predicted octanol–water partition coefficient (Wildman–Crippen LogP) is -0.132. The van der Waals surface area contributed by atoms with E-state index in [1.54, 1.807) is 12.3 Å². The van der Waals surface area contributed by atoms with Crippen molar-refractivity contribution in [2.45, 2.75) is 71.5 Å². The molecule has 1 fully saturated rings. The second kappa shape index (κ2) is 11.3. The van der Waals surface area contributed by atoms with Crippen molar-refractivity contribution in [3.8, 4) is 0 Å². The zero-order chi connectivity index (χ0) is 22.9. The quantitative estimate of drug-likeness (QED) is 0.163. The number of hydrogen-bond acceptors (Lipinski definition) is 6. The van der Waals surface area contributed by atoms with E-state index in [0.717, 1.165) is 0 Å². The molecule has 0 unspecified atom stereocenters. The molecule has 1 saturated heterocycles. The first-order valence-electron chi connectivity index (χ1n) is 10.2. The Morgan fingerprint density at radius 3 is 2.57 bits per heavy atom. The zero-order valence-corrected chi connectivity index (χ0v) is 18.1. The number of nitrogens with one attached hydrogen (secondary N) is 3. The van der Waals surface area contributed by atoms with Crippen LogP contribution in [-0.2, 0) is 14.4 Å². The molecule has 12 heteroatoms. The van der Waals surface area contributed by atoms with Crippen LogP contribution in [-0.4, -0.2) is 58.4 Å². The Bertz CT molecular complexity index is 682. The van der Waals surface area contributed by atoms with Crippen molar-refractivity contribution in [3.63, 3.8) is 0 Å². The summed E-state index contributed by atoms with van der Waals surface area (Å²) in [4.78, 5) is 54.0. The molecule has 5 N–H and O–H groups in total. The van der Waals surface area contributed by atoms with Gasteiger partial charge in [0.15, 0.2) is 5.03 Å². The Morgan fingerprint density at radius 1 is 1.37 bits per heavy atom. The number of nitrogens with zero attached hydrogens (tertiary/aromatic N) is 3. The minimum atomic E-state index is -1.83. The Balaban J connectivity index is 3.21. The van der Waals surface area contributed by atoms with Crippen molar-refractivity contribution in [3.05, 3.63) is 10.1 Å². The van der Waals surface area contributed by atoms with Gasteiger partial charge in [-0.3, -0.25) is 14.4 Å². The Labute approximate surface area is 176 Å². The van der Waals surface area contributed by atoms with Crippen molar-refractivity contribution in [2.75, 3.05) is 13.1 Å². The fraction of sp³-hybridized carbons (Fsp3) is 0.778. The number of carbonyl (C=O) groups excluding carboxylic acids is 3. The molecule has 1 aliphatic rings. The van der Waals surface area contributed by atoms with E-state index < -0.39 is 34.5 Å². The normalized spacial score (nSPS) is 18.6. The predicted molar refractivity (Wildman–Crippen MR) is 110 cm³/mol. The summed E-state index contributed by atoms with van der Waals surface area (Å²) in [6, 6.07) is -0.734. The average molecular weight is 428 g/mol. The molecule has 12 nitrogen and oxygen atoms in total. The number of rotatable bonds is 10. The third kappa shape index (κ3) is 7.16. The number of hydrazine groups is 1. The van der Waals surface area contributed by atoms with Crippen LogP contribution in [0.5, 0.6) is 0 Å². The molecule has 0 aromatic rings. The van der Waals surface area contributed by atoms with Crippen LogP contribution in [0.25, 0.3) is 0 Å². The highest BCUT2D eigenvalue weighted by Crippen LogP contribution is 2.21. The fourth-order valence-electron chi connectivity index (χ4n) is 3.38. The minimum Gasteiger partial charge on any atom is -0.365 e. The molecule has 30 heavy (non-hydrogen) atoms. The van der Waals surface area contributed by atoms with Gasteiger partial charge < -0.3 is 21.3 Å². The Kier molecular flexibility index (Phi) is 9.47. The lowest BCUT2D eigenvalue weighted by atomic mass is 10.0. The number of amides is 3. The molecule has 1 rings (SSSR count). The highest BCUT2D eigenvalue weighted by atomic mass is 16.7. The third-order valence-corrected chi connectivity index (χ3v) is 4.80. The second-order valence-electron chi connectivity index (χ2n) is 7.77. The van der Waals surface area contributed by atoms with Gasteiger partial charge in [-0.1, -0.05) is 32.6 Å². The van der Waals surface area contributed by atoms with Crippen LogP contribution in [0.4, 0.5) is 0 Å². The van der Waals surface area contributed by atoms with E-state index >= 15 is 0 Å². The van der Waals surface area contributed by atoms with E-state index in [9.17, 15) is 24.5 Å². The summed E-state index contributed by atoms with van der Waals surface area (Å²) >= 11 is 0. The monoisotopic (exact) mass is 427 g/mol. The number of aliphatic imine (C=N–C) groups is 1. The molecule has 0 saturated carbocycles. The standard InChI is InChI=1S/C18H33N7O5/c1-5-9-18(22-17(19)23-25(29)30,16(28)20-10-8-12(2)3)21-15(27)14-7-6-11-24(14)13(4)26/h12,14H,5-11H2,1-4H3,(H,20,28)(H,21,27)(H3,19,22,23)/t14-,18+/m0/s1. The van der Waals surface area contributed by atoms with Crippen LogP contribution in [0, 0.1) is 16.0 Å². The van der Waals surface area contributed by atoms with Gasteiger partial charge in [0, 0.05) is 26.4 Å². The second-order valence-corrected chi connectivity index (χ2v) is 7.77. The van der Waals surface area contributed by atoms with Gasteiger partial charge in [0.25, 0.3) is 11.9 Å². The third-order valence-electron chi connectivity index (χ3n) is 4.80. The molecule has 0 radical (unpaired) electrons. The van der Waals surface area contributed by atoms with E-state index in [-0.39, 0.29) is 12.3 Å². The lowest BCUT2D eigenvalue weighted by Gasteiger charge is -2.32. The lowest BCUT2D eigenvalue weighted by Crippen LogP contribution is -2.62. The maximum atomic E-state index is 13.1. The van der Waals surface area contributed by atoms with Gasteiger partial charge >= 0.3 is 0 Å². The molecule has 3 amide bonds. The molecule has 0 spiro atoms. The largest absolute Gasteiger partial charge is 0.365 e. The molecule has 0 aromatic carbocycles. The molecule has 1 aliphatic heterocycles. The topological polar surface area (TPSA) is 172 Å². The summed E-state index contributed by atoms with van der Waals surface area (Å²) in [5.41, 5.74) is 5.49. The summed E-state index contributed by atoms with van der Waals surface area (Å²) in [5.74, 6) is -1.67. The van der Waals surface area contributed by atoms with Crippen molar-refractivity contribution >= 4 is 23.7 Å². The van der Waals surface area contributed by atoms with Crippen LogP contribution < -0.4 is 21.8 Å². The molecule has 0 aliphatic carbocycles. The number of hydrogen-bond donors (Lipinski definition) is 4. The van der Waals surface area contributed by atoms with E-state index in [2.05, 4.69) is 15.6 Å². The van der Waals surface area contributed by atoms with Gasteiger partial charge in [0.2, 0.25) is 17.5 Å². The summed E-state index contributed by atoms with van der Waals surface area (Å²) < 4.78 is 0. The summed E-state index contributed by atoms with van der Waals surface area (Å²) in [6.45, 7) is 7.96. The van der Waals surface area contributed by atoms with Gasteiger partial charge in [-0.05, 0) is 25.2 Å². The van der Waals surface area contributed by atoms with E-state index in [1.807, 2.05) is 13.8 Å². The first-order valence-corrected chi connectivity index (χ1v) is 10.2. The molecular formula is C18H33N7O5. The SMILES string of the molecule is CCC[C@](N=C(N)N[N+](=O)[O-])(NC(=O)[C@@H]1CCCN1C(C)=O)C(=O)NCCC(C)C. The highest BCUT2D eigenvalue weighted by Gasteiger charge is 2.43. The smallest absolute Gasteiger partial charge is 0.268 e. The molecular weight excluding hydrogens is 394 g/mol. The van der Waals surface area contributed by atoms with Crippen molar-refractivity contribution in [2.24, 2.45) is 16.6 Å². The summed E-state index contributed by atoms with van der Waals surface area (Å²) in [5, 5.41) is 15.2. The van der Waals surface area contributed by atoms with Gasteiger partial charge in [-0.15, -0.1) is 0 Å². The number of carbonyl (C=O) groups is 3. The summed E-state index contributed by atoms with van der Waals surface area (Å²) in [6.07, 6.45) is 2.32. The first kappa shape index (κ1) is 25.1. The van der Waals surface area contributed by atoms with Gasteiger partial charge in [0.05, 0.1) is 0 Å². The maximum Gasteiger partial charge on any atom is 0.268 e. The molecule has 0 aromatic heterocycles. The van der Waals surface area contributed by atoms with E-state index in [1.165, 1.54) is 11.8 Å². The van der Waals surface area contributed by atoms with Crippen LogP contribution in [0.15, 0.2) is 4.99 Å². The van der Waals surface area contributed by atoms with E-state index in [4.69, 9.17) is 5.73 Å². The van der Waals surface area contributed by atoms with Crippen molar-refractivity contribution in [1.82, 2.24) is 21.0 Å². The molecule has 1 heterocycles. The molecule has 0 bridgehead atoms.